The lowest BCUT2D eigenvalue weighted by Gasteiger charge is -2.13. The molecule has 0 aliphatic carbocycles. The predicted octanol–water partition coefficient (Wildman–Crippen LogP) is 2.83. The van der Waals surface area contributed by atoms with Crippen LogP contribution in [0.1, 0.15) is 29.3 Å². The molecule has 160 valence electrons. The molecule has 0 aliphatic rings. The largest absolute Gasteiger partial charge is 0.508 e. The van der Waals surface area contributed by atoms with Gasteiger partial charge in [0.15, 0.2) is 5.96 Å². The van der Waals surface area contributed by atoms with Gasteiger partial charge in [-0.2, -0.15) is 0 Å². The zero-order chi connectivity index (χ0) is 21.6. The molecule has 2 rings (SSSR count). The summed E-state index contributed by atoms with van der Waals surface area (Å²) in [6, 6.07) is 14.1. The van der Waals surface area contributed by atoms with E-state index in [-0.39, 0.29) is 11.7 Å². The number of hydrogen-bond acceptors (Lipinski definition) is 4. The summed E-state index contributed by atoms with van der Waals surface area (Å²) in [6.45, 7) is 8.53. The molecule has 7 heteroatoms. The zero-order valence-corrected chi connectivity index (χ0v) is 17.4. The van der Waals surface area contributed by atoms with Crippen molar-refractivity contribution in [1.82, 2.24) is 16.0 Å². The number of aliphatic imine (C=N–C) groups is 1. The van der Waals surface area contributed by atoms with E-state index >= 15 is 0 Å². The van der Waals surface area contributed by atoms with Gasteiger partial charge in [0, 0.05) is 30.8 Å². The van der Waals surface area contributed by atoms with Crippen molar-refractivity contribution < 1.29 is 14.6 Å². The van der Waals surface area contributed by atoms with Gasteiger partial charge in [0.05, 0.1) is 6.54 Å². The topological polar surface area (TPSA) is 95.0 Å². The van der Waals surface area contributed by atoms with E-state index in [1.807, 2.05) is 31.2 Å². The fourth-order valence-corrected chi connectivity index (χ4v) is 2.68. The molecule has 0 aromatic heterocycles. The van der Waals surface area contributed by atoms with Gasteiger partial charge in [0.2, 0.25) is 0 Å². The second-order valence-electron chi connectivity index (χ2n) is 6.49. The summed E-state index contributed by atoms with van der Waals surface area (Å²) in [5.41, 5.74) is 1.44. The molecule has 0 fully saturated rings. The highest BCUT2D eigenvalue weighted by Gasteiger charge is 2.06. The summed E-state index contributed by atoms with van der Waals surface area (Å²) < 4.78 is 5.67. The molecule has 0 unspecified atom stereocenters. The van der Waals surface area contributed by atoms with Crippen molar-refractivity contribution in [1.29, 1.82) is 0 Å². The van der Waals surface area contributed by atoms with Gasteiger partial charge in [0.1, 0.15) is 18.1 Å². The minimum Gasteiger partial charge on any atom is -0.508 e. The van der Waals surface area contributed by atoms with Crippen LogP contribution in [0.2, 0.25) is 0 Å². The number of para-hydroxylation sites is 1. The first kappa shape index (κ1) is 22.8. The van der Waals surface area contributed by atoms with Crippen molar-refractivity contribution in [2.24, 2.45) is 4.99 Å². The Morgan fingerprint density at radius 2 is 1.93 bits per heavy atom. The first-order valence-electron chi connectivity index (χ1n) is 10.0. The highest BCUT2D eigenvalue weighted by atomic mass is 16.5. The second-order valence-corrected chi connectivity index (χ2v) is 6.49. The maximum absolute atomic E-state index is 12.1. The third-order valence-corrected chi connectivity index (χ3v) is 4.12. The van der Waals surface area contributed by atoms with Crippen LogP contribution in [-0.2, 0) is 6.54 Å². The predicted molar refractivity (Wildman–Crippen MR) is 120 cm³/mol. The van der Waals surface area contributed by atoms with Crippen LogP contribution in [0.4, 0.5) is 0 Å². The molecule has 0 atom stereocenters. The van der Waals surface area contributed by atoms with E-state index in [9.17, 15) is 9.90 Å². The molecule has 7 nitrogen and oxygen atoms in total. The van der Waals surface area contributed by atoms with Gasteiger partial charge in [0.25, 0.3) is 5.91 Å². The zero-order valence-electron chi connectivity index (χ0n) is 17.4. The maximum atomic E-state index is 12.1. The number of carbonyl (C=O) groups is 1. The van der Waals surface area contributed by atoms with Gasteiger partial charge in [-0.1, -0.05) is 36.9 Å². The lowest BCUT2D eigenvalue weighted by atomic mass is 10.2. The number of hydrogen-bond donors (Lipinski definition) is 4. The molecule has 0 saturated heterocycles. The van der Waals surface area contributed by atoms with Gasteiger partial charge in [-0.3, -0.25) is 4.79 Å². The third kappa shape index (κ3) is 7.87. The Bertz CT molecular complexity index is 852. The quantitative estimate of drug-likeness (QED) is 0.198. The van der Waals surface area contributed by atoms with E-state index in [1.54, 1.807) is 18.2 Å². The summed E-state index contributed by atoms with van der Waals surface area (Å²) in [4.78, 5) is 16.7. The van der Waals surface area contributed by atoms with Crippen molar-refractivity contribution in [2.45, 2.75) is 19.9 Å². The Kier molecular flexibility index (Phi) is 9.79. The Labute approximate surface area is 177 Å². The summed E-state index contributed by atoms with van der Waals surface area (Å²) in [5.74, 6) is 1.37. The smallest absolute Gasteiger partial charge is 0.251 e. The molecule has 30 heavy (non-hydrogen) atoms. The minimum absolute atomic E-state index is 0.0762. The van der Waals surface area contributed by atoms with E-state index in [4.69, 9.17) is 4.74 Å². The number of phenolic OH excluding ortho intramolecular Hbond substituents is 1. The second kappa shape index (κ2) is 12.9. The standard InChI is InChI=1S/C23H30N4O3/c1-3-15-30-21-12-6-5-9-19(21)17-27-23(24-4-2)26-14-8-13-25-22(29)18-10-7-11-20(28)16-18/h3,5-7,9-12,16,28H,1,4,8,13-15,17H2,2H3,(H,25,29)(H2,24,26,27). The Morgan fingerprint density at radius 1 is 1.13 bits per heavy atom. The molecule has 0 radical (unpaired) electrons. The molecule has 4 N–H and O–H groups in total. The van der Waals surface area contributed by atoms with E-state index in [1.165, 1.54) is 12.1 Å². The van der Waals surface area contributed by atoms with Gasteiger partial charge in [-0.25, -0.2) is 4.99 Å². The van der Waals surface area contributed by atoms with E-state index in [0.717, 1.165) is 24.3 Å². The van der Waals surface area contributed by atoms with Crippen LogP contribution >= 0.6 is 0 Å². The van der Waals surface area contributed by atoms with Crippen molar-refractivity contribution in [3.8, 4) is 11.5 Å². The number of carbonyl (C=O) groups excluding carboxylic acids is 1. The van der Waals surface area contributed by atoms with E-state index in [2.05, 4.69) is 27.5 Å². The Hall–Kier alpha value is -3.48. The normalized spacial score (nSPS) is 10.9. The van der Waals surface area contributed by atoms with Crippen molar-refractivity contribution in [3.63, 3.8) is 0 Å². The maximum Gasteiger partial charge on any atom is 0.251 e. The molecular formula is C23H30N4O3. The van der Waals surface area contributed by atoms with Crippen LogP contribution in [0.3, 0.4) is 0 Å². The summed E-state index contributed by atoms with van der Waals surface area (Å²) in [6.07, 6.45) is 2.44. The van der Waals surface area contributed by atoms with Gasteiger partial charge >= 0.3 is 0 Å². The fourth-order valence-electron chi connectivity index (χ4n) is 2.68. The molecule has 0 bridgehead atoms. The first-order valence-corrected chi connectivity index (χ1v) is 10.0. The lowest BCUT2D eigenvalue weighted by molar-refractivity contribution is 0.0953. The highest BCUT2D eigenvalue weighted by molar-refractivity contribution is 5.94. The molecule has 1 amide bonds. The number of nitrogens with one attached hydrogen (secondary N) is 3. The lowest BCUT2D eigenvalue weighted by Crippen LogP contribution is -2.38. The molecule has 0 spiro atoms. The average molecular weight is 411 g/mol. The van der Waals surface area contributed by atoms with E-state index < -0.39 is 0 Å². The summed E-state index contributed by atoms with van der Waals surface area (Å²) in [5, 5.41) is 18.8. The average Bonchev–Trinajstić information content (AvgIpc) is 2.76. The number of nitrogens with zero attached hydrogens (tertiary/aromatic N) is 1. The van der Waals surface area contributed by atoms with Crippen LogP contribution in [0.25, 0.3) is 0 Å². The molecule has 0 aliphatic heterocycles. The molecule has 0 saturated carbocycles. The summed E-state index contributed by atoms with van der Waals surface area (Å²) in [7, 11) is 0. The van der Waals surface area contributed by atoms with Crippen molar-refractivity contribution in [2.75, 3.05) is 26.2 Å². The monoisotopic (exact) mass is 410 g/mol. The Balaban J connectivity index is 1.80. The van der Waals surface area contributed by atoms with Crippen LogP contribution < -0.4 is 20.7 Å². The van der Waals surface area contributed by atoms with Gasteiger partial charge in [-0.05, 0) is 37.6 Å². The molecular weight excluding hydrogens is 380 g/mol. The molecule has 2 aromatic carbocycles. The number of aromatic hydroxyl groups is 1. The number of ether oxygens (including phenoxy) is 1. The SMILES string of the molecule is C=CCOc1ccccc1CN=C(NCC)NCCCNC(=O)c1cccc(O)c1. The van der Waals surface area contributed by atoms with E-state index in [0.29, 0.717) is 37.8 Å². The van der Waals surface area contributed by atoms with Crippen LogP contribution in [-0.4, -0.2) is 43.2 Å². The molecule has 2 aromatic rings. The van der Waals surface area contributed by atoms with Crippen molar-refractivity contribution >= 4 is 11.9 Å². The number of amides is 1. The molecule has 0 heterocycles. The van der Waals surface area contributed by atoms with Gasteiger partial charge in [-0.15, -0.1) is 0 Å². The minimum atomic E-state index is -0.206. The number of benzene rings is 2. The Morgan fingerprint density at radius 3 is 2.70 bits per heavy atom. The van der Waals surface area contributed by atoms with Crippen LogP contribution in [0.15, 0.2) is 66.2 Å². The van der Waals surface area contributed by atoms with Crippen LogP contribution in [0.5, 0.6) is 11.5 Å². The first-order chi connectivity index (χ1) is 14.6. The van der Waals surface area contributed by atoms with Crippen molar-refractivity contribution in [3.05, 3.63) is 72.3 Å². The third-order valence-electron chi connectivity index (χ3n) is 4.12. The number of rotatable bonds is 11. The number of guanidine groups is 1. The van der Waals surface area contributed by atoms with Gasteiger partial charge < -0.3 is 25.8 Å². The highest BCUT2D eigenvalue weighted by Crippen LogP contribution is 2.18. The van der Waals surface area contributed by atoms with Crippen LogP contribution in [0, 0.1) is 0 Å². The fraction of sp³-hybridized carbons (Fsp3) is 0.304. The number of phenols is 1. The summed E-state index contributed by atoms with van der Waals surface area (Å²) >= 11 is 0.